The molecule has 2 unspecified atom stereocenters. The second kappa shape index (κ2) is 9.14. The summed E-state index contributed by atoms with van der Waals surface area (Å²) >= 11 is 6.20. The molecular weight excluding hydrogens is 444 g/mol. The van der Waals surface area contributed by atoms with Gasteiger partial charge in [0.25, 0.3) is 5.91 Å². The monoisotopic (exact) mass is 466 g/mol. The molecule has 3 aromatic heterocycles. The maximum atomic E-state index is 12.9. The van der Waals surface area contributed by atoms with Crippen LogP contribution in [0.3, 0.4) is 0 Å². The Kier molecular flexibility index (Phi) is 5.91. The van der Waals surface area contributed by atoms with Crippen LogP contribution in [-0.2, 0) is 13.1 Å². The van der Waals surface area contributed by atoms with Crippen molar-refractivity contribution in [2.75, 3.05) is 30.4 Å². The number of ether oxygens (including phenoxy) is 1. The van der Waals surface area contributed by atoms with E-state index in [0.717, 1.165) is 30.5 Å². The third-order valence-electron chi connectivity index (χ3n) is 5.83. The van der Waals surface area contributed by atoms with Crippen LogP contribution in [0, 0.1) is 11.8 Å². The number of halogens is 1. The van der Waals surface area contributed by atoms with Crippen molar-refractivity contribution >= 4 is 29.3 Å². The largest absolute Gasteiger partial charge is 0.480 e. The van der Waals surface area contributed by atoms with Crippen LogP contribution >= 0.6 is 11.6 Å². The number of aromatic nitrogens is 5. The predicted octanol–water partition coefficient (Wildman–Crippen LogP) is 2.32. The number of fused-ring (bicyclic) bond motifs is 1. The number of nitrogens with zero attached hydrogens (tertiary/aromatic N) is 6. The van der Waals surface area contributed by atoms with Gasteiger partial charge < -0.3 is 20.3 Å². The molecule has 33 heavy (non-hydrogen) atoms. The van der Waals surface area contributed by atoms with E-state index < -0.39 is 0 Å². The molecule has 4 heterocycles. The highest BCUT2D eigenvalue weighted by molar-refractivity contribution is 6.31. The SMILES string of the molecule is COc1ncc(CNc2nc(N3CC4CC4C3)ncc2C(=O)NCc2ncccn2)cc1Cl. The van der Waals surface area contributed by atoms with Gasteiger partial charge in [-0.05, 0) is 36.0 Å². The van der Waals surface area contributed by atoms with Crippen LogP contribution in [0.1, 0.15) is 28.2 Å². The lowest BCUT2D eigenvalue weighted by molar-refractivity contribution is 0.0950. The highest BCUT2D eigenvalue weighted by atomic mass is 35.5. The van der Waals surface area contributed by atoms with Gasteiger partial charge in [0.05, 0.1) is 13.7 Å². The van der Waals surface area contributed by atoms with Gasteiger partial charge >= 0.3 is 0 Å². The zero-order chi connectivity index (χ0) is 22.8. The van der Waals surface area contributed by atoms with Gasteiger partial charge in [0.15, 0.2) is 0 Å². The molecule has 1 saturated carbocycles. The topological polar surface area (TPSA) is 118 Å². The van der Waals surface area contributed by atoms with E-state index in [0.29, 0.717) is 40.6 Å². The molecule has 0 spiro atoms. The lowest BCUT2D eigenvalue weighted by Crippen LogP contribution is -2.28. The summed E-state index contributed by atoms with van der Waals surface area (Å²) in [5, 5.41) is 6.50. The van der Waals surface area contributed by atoms with Crippen molar-refractivity contribution in [3.63, 3.8) is 0 Å². The molecule has 2 atom stereocenters. The Hall–Kier alpha value is -3.53. The summed E-state index contributed by atoms with van der Waals surface area (Å²) in [6.45, 7) is 2.49. The Balaban J connectivity index is 1.35. The van der Waals surface area contributed by atoms with E-state index in [2.05, 4.69) is 35.5 Å². The molecule has 0 radical (unpaired) electrons. The average molecular weight is 467 g/mol. The van der Waals surface area contributed by atoms with E-state index in [9.17, 15) is 4.79 Å². The number of piperidine rings is 1. The van der Waals surface area contributed by atoms with Gasteiger partial charge in [-0.1, -0.05) is 11.6 Å². The van der Waals surface area contributed by atoms with Crippen molar-refractivity contribution in [2.24, 2.45) is 11.8 Å². The number of pyridine rings is 1. The first kappa shape index (κ1) is 21.3. The summed E-state index contributed by atoms with van der Waals surface area (Å²) in [5.74, 6) is 3.12. The van der Waals surface area contributed by atoms with Gasteiger partial charge in [0.2, 0.25) is 11.8 Å². The lowest BCUT2D eigenvalue weighted by Gasteiger charge is -2.20. The standard InChI is InChI=1S/C22H23ClN8O2/c1-33-21-17(23)5-13(8-28-21)7-26-19-16(20(32)27-10-18-24-3-2-4-25-18)9-29-22(30-19)31-11-14-6-15(14)12-31/h2-5,8-9,14-15H,6-7,10-12H2,1H3,(H,27,32)(H,26,29,30). The van der Waals surface area contributed by atoms with E-state index in [4.69, 9.17) is 21.3 Å². The van der Waals surface area contributed by atoms with Crippen LogP contribution in [0.4, 0.5) is 11.8 Å². The number of amides is 1. The summed E-state index contributed by atoms with van der Waals surface area (Å²) in [6.07, 6.45) is 7.78. The number of hydrogen-bond acceptors (Lipinski definition) is 9. The van der Waals surface area contributed by atoms with Crippen molar-refractivity contribution in [3.8, 4) is 5.88 Å². The zero-order valence-corrected chi connectivity index (χ0v) is 18.8. The molecule has 1 aliphatic heterocycles. The fourth-order valence-corrected chi connectivity index (χ4v) is 4.23. The number of methoxy groups -OCH3 is 1. The molecule has 1 amide bonds. The molecule has 11 heteroatoms. The van der Waals surface area contributed by atoms with Gasteiger partial charge in [-0.25, -0.2) is 19.9 Å². The number of nitrogens with one attached hydrogen (secondary N) is 2. The van der Waals surface area contributed by atoms with Gasteiger partial charge in [-0.2, -0.15) is 4.98 Å². The molecule has 0 bridgehead atoms. The lowest BCUT2D eigenvalue weighted by atomic mass is 10.2. The zero-order valence-electron chi connectivity index (χ0n) is 18.0. The molecule has 1 aliphatic carbocycles. The minimum atomic E-state index is -0.313. The Bertz CT molecular complexity index is 1150. The van der Waals surface area contributed by atoms with Crippen LogP contribution < -0.4 is 20.3 Å². The molecule has 170 valence electrons. The van der Waals surface area contributed by atoms with E-state index in [1.165, 1.54) is 13.5 Å². The molecule has 10 nitrogen and oxygen atoms in total. The number of carbonyl (C=O) groups excluding carboxylic acids is 1. The van der Waals surface area contributed by atoms with E-state index in [1.807, 2.05) is 0 Å². The number of carbonyl (C=O) groups is 1. The molecule has 2 fully saturated rings. The van der Waals surface area contributed by atoms with Crippen molar-refractivity contribution in [1.29, 1.82) is 0 Å². The van der Waals surface area contributed by atoms with Crippen LogP contribution in [-0.4, -0.2) is 51.0 Å². The summed E-state index contributed by atoms with van der Waals surface area (Å²) in [4.78, 5) is 36.7. The molecule has 5 rings (SSSR count). The van der Waals surface area contributed by atoms with Crippen molar-refractivity contribution in [1.82, 2.24) is 30.2 Å². The fraction of sp³-hybridized carbons (Fsp3) is 0.364. The number of anilines is 2. The Morgan fingerprint density at radius 1 is 1.15 bits per heavy atom. The van der Waals surface area contributed by atoms with Gasteiger partial charge in [-0.3, -0.25) is 4.79 Å². The molecule has 0 aromatic carbocycles. The molecule has 1 saturated heterocycles. The Morgan fingerprint density at radius 3 is 2.67 bits per heavy atom. The first-order valence-electron chi connectivity index (χ1n) is 10.7. The van der Waals surface area contributed by atoms with Crippen LogP contribution in [0.2, 0.25) is 5.02 Å². The normalized spacial score (nSPS) is 18.5. The number of rotatable bonds is 8. The maximum Gasteiger partial charge on any atom is 0.256 e. The van der Waals surface area contributed by atoms with Gasteiger partial charge in [-0.15, -0.1) is 0 Å². The van der Waals surface area contributed by atoms with Crippen molar-refractivity contribution < 1.29 is 9.53 Å². The summed E-state index contributed by atoms with van der Waals surface area (Å²) in [6, 6.07) is 3.49. The average Bonchev–Trinajstić information content (AvgIpc) is 3.46. The maximum absolute atomic E-state index is 12.9. The van der Waals surface area contributed by atoms with Gasteiger partial charge in [0, 0.05) is 44.4 Å². The highest BCUT2D eigenvalue weighted by Crippen LogP contribution is 2.45. The quantitative estimate of drug-likeness (QED) is 0.515. The smallest absolute Gasteiger partial charge is 0.256 e. The third-order valence-corrected chi connectivity index (χ3v) is 6.10. The first-order valence-corrected chi connectivity index (χ1v) is 11.1. The van der Waals surface area contributed by atoms with Crippen LogP contribution in [0.15, 0.2) is 36.9 Å². The van der Waals surface area contributed by atoms with E-state index in [1.54, 1.807) is 36.9 Å². The minimum Gasteiger partial charge on any atom is -0.480 e. The molecule has 2 aliphatic rings. The Morgan fingerprint density at radius 2 is 1.94 bits per heavy atom. The predicted molar refractivity (Wildman–Crippen MR) is 122 cm³/mol. The highest BCUT2D eigenvalue weighted by Gasteiger charge is 2.45. The number of hydrogen-bond donors (Lipinski definition) is 2. The Labute approximate surface area is 195 Å². The third kappa shape index (κ3) is 4.80. The van der Waals surface area contributed by atoms with Crippen molar-refractivity contribution in [3.05, 3.63) is 58.9 Å². The van der Waals surface area contributed by atoms with E-state index in [-0.39, 0.29) is 12.5 Å². The second-order valence-corrected chi connectivity index (χ2v) is 8.54. The second-order valence-electron chi connectivity index (χ2n) is 8.13. The summed E-state index contributed by atoms with van der Waals surface area (Å²) in [7, 11) is 1.52. The van der Waals surface area contributed by atoms with Crippen molar-refractivity contribution in [2.45, 2.75) is 19.5 Å². The molecular formula is C22H23ClN8O2. The summed E-state index contributed by atoms with van der Waals surface area (Å²) in [5.41, 5.74) is 1.17. The van der Waals surface area contributed by atoms with E-state index >= 15 is 0 Å². The molecule has 2 N–H and O–H groups in total. The van der Waals surface area contributed by atoms with Crippen LogP contribution in [0.5, 0.6) is 5.88 Å². The fourth-order valence-electron chi connectivity index (χ4n) is 3.96. The summed E-state index contributed by atoms with van der Waals surface area (Å²) < 4.78 is 5.11. The van der Waals surface area contributed by atoms with Crippen LogP contribution in [0.25, 0.3) is 0 Å². The minimum absolute atomic E-state index is 0.203. The first-order chi connectivity index (χ1) is 16.1. The molecule has 3 aromatic rings. The van der Waals surface area contributed by atoms with Gasteiger partial charge in [0.1, 0.15) is 22.2 Å².